The molecule has 1 aromatic rings. The standard InChI is InChI=1S/C8H8NO3PS.2Na/c10-13(11,12)5-7-1-3-8(4-2-7)9-6-14;;/h1-4H,5H2,(H2,10,11,12);;/q;2*+1/p-2. The zero-order valence-corrected chi connectivity index (χ0v) is 14.8. The van der Waals surface area contributed by atoms with Gasteiger partial charge in [0.05, 0.1) is 10.8 Å². The average molecular weight is 273 g/mol. The molecule has 0 saturated heterocycles. The summed E-state index contributed by atoms with van der Waals surface area (Å²) in [5.41, 5.74) is 1.03. The van der Waals surface area contributed by atoms with Crippen molar-refractivity contribution in [3.63, 3.8) is 0 Å². The van der Waals surface area contributed by atoms with Crippen LogP contribution >= 0.6 is 19.8 Å². The van der Waals surface area contributed by atoms with Crippen LogP contribution in [0, 0.1) is 0 Å². The molecule has 0 bridgehead atoms. The zero-order valence-electron chi connectivity index (χ0n) is 9.04. The number of rotatable bonds is 3. The Kier molecular flexibility index (Phi) is 11.2. The third kappa shape index (κ3) is 8.29. The molecule has 0 amide bonds. The van der Waals surface area contributed by atoms with Crippen LogP contribution in [0.15, 0.2) is 29.3 Å². The first-order chi connectivity index (χ1) is 6.51. The maximum Gasteiger partial charge on any atom is 1.00 e. The van der Waals surface area contributed by atoms with Gasteiger partial charge in [-0.2, -0.15) is 4.99 Å². The number of thiocarbonyl (C=S) groups is 1. The minimum atomic E-state index is -4.48. The van der Waals surface area contributed by atoms with Crippen molar-refractivity contribution in [2.75, 3.05) is 0 Å². The fourth-order valence-electron chi connectivity index (χ4n) is 0.952. The van der Waals surface area contributed by atoms with Gasteiger partial charge in [0.25, 0.3) is 0 Å². The molecule has 0 aliphatic carbocycles. The van der Waals surface area contributed by atoms with Gasteiger partial charge >= 0.3 is 59.1 Å². The molecule has 0 aliphatic heterocycles. The Morgan fingerprint density at radius 3 is 2.12 bits per heavy atom. The fourth-order valence-corrected chi connectivity index (χ4v) is 1.72. The second-order valence-corrected chi connectivity index (χ2v) is 4.36. The van der Waals surface area contributed by atoms with Gasteiger partial charge in [-0.15, -0.1) is 0 Å². The first-order valence-corrected chi connectivity index (χ1v) is 5.83. The first-order valence-electron chi connectivity index (χ1n) is 3.69. The maximum absolute atomic E-state index is 10.4. The Morgan fingerprint density at radius 1 is 1.25 bits per heavy atom. The van der Waals surface area contributed by atoms with E-state index >= 15 is 0 Å². The topological polar surface area (TPSA) is 75.5 Å². The molecule has 16 heavy (non-hydrogen) atoms. The van der Waals surface area contributed by atoms with Crippen LogP contribution in [-0.2, 0) is 10.7 Å². The van der Waals surface area contributed by atoms with Gasteiger partial charge < -0.3 is 14.4 Å². The second kappa shape index (κ2) is 9.15. The molecule has 0 fully saturated rings. The van der Waals surface area contributed by atoms with Crippen LogP contribution in [0.2, 0.25) is 0 Å². The summed E-state index contributed by atoms with van der Waals surface area (Å²) >= 11 is 4.39. The predicted octanol–water partition coefficient (Wildman–Crippen LogP) is -5.16. The van der Waals surface area contributed by atoms with Crippen LogP contribution in [0.1, 0.15) is 5.56 Å². The van der Waals surface area contributed by atoms with Crippen molar-refractivity contribution in [3.8, 4) is 0 Å². The third-order valence-electron chi connectivity index (χ3n) is 1.49. The molecule has 0 saturated carbocycles. The van der Waals surface area contributed by atoms with E-state index in [1.165, 1.54) is 12.1 Å². The molecule has 0 heterocycles. The number of hydrogen-bond donors (Lipinski definition) is 0. The van der Waals surface area contributed by atoms with Crippen molar-refractivity contribution in [2.45, 2.75) is 6.16 Å². The molecule has 74 valence electrons. The molecular formula is C8H6NNa2O3PS. The summed E-state index contributed by atoms with van der Waals surface area (Å²) in [7, 11) is -4.48. The molecule has 0 aliphatic rings. The fraction of sp³-hybridized carbons (Fsp3) is 0.125. The Hall–Kier alpha value is 1.17. The normalized spacial score (nSPS) is 9.38. The molecule has 0 unspecified atom stereocenters. The SMILES string of the molecule is O=P([O-])([O-])Cc1ccc(N=C=S)cc1.[Na+].[Na+]. The molecule has 0 N–H and O–H groups in total. The van der Waals surface area contributed by atoms with Crippen LogP contribution < -0.4 is 68.9 Å². The molecule has 1 rings (SSSR count). The smallest absolute Gasteiger partial charge is 0.810 e. The van der Waals surface area contributed by atoms with Crippen molar-refractivity contribution in [3.05, 3.63) is 29.8 Å². The van der Waals surface area contributed by atoms with Gasteiger partial charge in [0.15, 0.2) is 0 Å². The summed E-state index contributed by atoms with van der Waals surface area (Å²) in [6.07, 6.45) is -0.478. The van der Waals surface area contributed by atoms with Gasteiger partial charge in [0.1, 0.15) is 0 Å². The second-order valence-electron chi connectivity index (χ2n) is 2.64. The van der Waals surface area contributed by atoms with Crippen molar-refractivity contribution >= 4 is 30.7 Å². The average Bonchev–Trinajstić information content (AvgIpc) is 2.06. The number of aliphatic imine (C=N–C) groups is 1. The van der Waals surface area contributed by atoms with Crippen molar-refractivity contribution in [2.24, 2.45) is 4.99 Å². The number of benzene rings is 1. The number of nitrogens with zero attached hydrogens (tertiary/aromatic N) is 1. The van der Waals surface area contributed by atoms with Gasteiger partial charge in [-0.25, -0.2) is 0 Å². The summed E-state index contributed by atoms with van der Waals surface area (Å²) in [5.74, 6) is 0. The monoisotopic (exact) mass is 273 g/mol. The molecule has 4 nitrogen and oxygen atoms in total. The molecule has 0 spiro atoms. The van der Waals surface area contributed by atoms with Gasteiger partial charge in [-0.1, -0.05) is 19.7 Å². The van der Waals surface area contributed by atoms with Crippen LogP contribution in [-0.4, -0.2) is 5.16 Å². The zero-order chi connectivity index (χ0) is 10.6. The van der Waals surface area contributed by atoms with E-state index in [-0.39, 0.29) is 59.1 Å². The van der Waals surface area contributed by atoms with Gasteiger partial charge in [0.2, 0.25) is 0 Å². The van der Waals surface area contributed by atoms with E-state index in [9.17, 15) is 14.4 Å². The van der Waals surface area contributed by atoms with E-state index in [1.807, 2.05) is 0 Å². The summed E-state index contributed by atoms with van der Waals surface area (Å²) in [5, 5.41) is 2.18. The van der Waals surface area contributed by atoms with Crippen molar-refractivity contribution in [1.29, 1.82) is 0 Å². The summed E-state index contributed by atoms with van der Waals surface area (Å²) in [4.78, 5) is 24.5. The molecule has 0 atom stereocenters. The van der Waals surface area contributed by atoms with Crippen LogP contribution in [0.3, 0.4) is 0 Å². The van der Waals surface area contributed by atoms with Crippen molar-refractivity contribution in [1.82, 2.24) is 0 Å². The van der Waals surface area contributed by atoms with Crippen LogP contribution in [0.25, 0.3) is 0 Å². The number of hydrogen-bond acceptors (Lipinski definition) is 5. The predicted molar refractivity (Wildman–Crippen MR) is 52.4 cm³/mol. The van der Waals surface area contributed by atoms with Gasteiger partial charge in [0, 0.05) is 6.16 Å². The number of isothiocyanates is 1. The maximum atomic E-state index is 10.4. The summed E-state index contributed by atoms with van der Waals surface area (Å²) < 4.78 is 10.4. The Bertz CT molecular complexity index is 414. The van der Waals surface area contributed by atoms with E-state index in [2.05, 4.69) is 22.4 Å². The van der Waals surface area contributed by atoms with Crippen molar-refractivity contribution < 1.29 is 73.5 Å². The Morgan fingerprint density at radius 2 is 1.75 bits per heavy atom. The van der Waals surface area contributed by atoms with Crippen LogP contribution in [0.5, 0.6) is 0 Å². The van der Waals surface area contributed by atoms with E-state index in [1.54, 1.807) is 12.1 Å². The van der Waals surface area contributed by atoms with E-state index < -0.39 is 13.8 Å². The summed E-state index contributed by atoms with van der Waals surface area (Å²) in [6, 6.07) is 6.19. The first kappa shape index (κ1) is 19.5. The van der Waals surface area contributed by atoms with E-state index in [4.69, 9.17) is 0 Å². The van der Waals surface area contributed by atoms with E-state index in [0.717, 1.165) is 0 Å². The van der Waals surface area contributed by atoms with Gasteiger partial charge in [-0.05, 0) is 29.9 Å². The third-order valence-corrected chi connectivity index (χ3v) is 2.33. The molecule has 0 aromatic heterocycles. The molecule has 1 aromatic carbocycles. The molecule has 0 radical (unpaired) electrons. The van der Waals surface area contributed by atoms with E-state index in [0.29, 0.717) is 11.3 Å². The minimum absolute atomic E-state index is 0. The minimum Gasteiger partial charge on any atom is -0.810 e. The Balaban J connectivity index is 0. The molecular weight excluding hydrogens is 267 g/mol. The summed E-state index contributed by atoms with van der Waals surface area (Å²) in [6.45, 7) is 0. The van der Waals surface area contributed by atoms with Crippen LogP contribution in [0.4, 0.5) is 5.69 Å². The quantitative estimate of drug-likeness (QED) is 0.239. The molecule has 8 heteroatoms. The van der Waals surface area contributed by atoms with Gasteiger partial charge in [-0.3, -0.25) is 0 Å². The Labute approximate surface area is 143 Å². The largest absolute Gasteiger partial charge is 1.00 e.